The van der Waals surface area contributed by atoms with E-state index >= 15 is 0 Å². The first-order valence-electron chi connectivity index (χ1n) is 4.95. The zero-order valence-electron chi connectivity index (χ0n) is 9.44. The second-order valence-corrected chi connectivity index (χ2v) is 3.57. The van der Waals surface area contributed by atoms with Crippen molar-refractivity contribution in [3.63, 3.8) is 0 Å². The summed E-state index contributed by atoms with van der Waals surface area (Å²) in [5.74, 6) is -0.782. The van der Waals surface area contributed by atoms with Gasteiger partial charge in [0, 0.05) is 5.56 Å². The molecule has 1 aromatic rings. The fourth-order valence-electron chi connectivity index (χ4n) is 1.20. The van der Waals surface area contributed by atoms with E-state index in [1.807, 2.05) is 0 Å². The van der Waals surface area contributed by atoms with E-state index in [9.17, 15) is 13.6 Å². The van der Waals surface area contributed by atoms with Crippen LogP contribution in [0.25, 0.3) is 0 Å². The predicted molar refractivity (Wildman–Crippen MR) is 57.4 cm³/mol. The molecule has 4 nitrogen and oxygen atoms in total. The Labute approximate surface area is 97.3 Å². The third-order valence-corrected chi connectivity index (χ3v) is 1.81. The molecule has 94 valence electrons. The molecule has 6 heteroatoms. The molecule has 1 amide bonds. The maximum atomic E-state index is 12.2. The minimum Gasteiger partial charge on any atom is -0.487 e. The van der Waals surface area contributed by atoms with Crippen molar-refractivity contribution in [1.82, 2.24) is 0 Å². The Balaban J connectivity index is 3.07. The highest BCUT2D eigenvalue weighted by Crippen LogP contribution is 2.30. The minimum absolute atomic E-state index is 0.0803. The van der Waals surface area contributed by atoms with Gasteiger partial charge in [-0.2, -0.15) is 8.78 Å². The van der Waals surface area contributed by atoms with Crippen LogP contribution in [0.5, 0.6) is 11.5 Å². The van der Waals surface area contributed by atoms with Gasteiger partial charge in [0.1, 0.15) is 0 Å². The SMILES string of the molecule is CC(C)Oc1ccc(C(N)=O)cc1OC(F)F. The number of primary amides is 1. The van der Waals surface area contributed by atoms with Gasteiger partial charge in [0.15, 0.2) is 11.5 Å². The van der Waals surface area contributed by atoms with E-state index in [0.29, 0.717) is 0 Å². The summed E-state index contributed by atoms with van der Waals surface area (Å²) in [5, 5.41) is 0. The number of rotatable bonds is 5. The highest BCUT2D eigenvalue weighted by Gasteiger charge is 2.14. The van der Waals surface area contributed by atoms with Crippen molar-refractivity contribution in [3.05, 3.63) is 23.8 Å². The number of ether oxygens (including phenoxy) is 2. The topological polar surface area (TPSA) is 61.5 Å². The Morgan fingerprint density at radius 2 is 1.88 bits per heavy atom. The fraction of sp³-hybridized carbons (Fsp3) is 0.364. The highest BCUT2D eigenvalue weighted by atomic mass is 19.3. The molecule has 0 aliphatic heterocycles. The Morgan fingerprint density at radius 1 is 1.24 bits per heavy atom. The summed E-state index contributed by atoms with van der Waals surface area (Å²) in [6, 6.07) is 3.89. The number of hydrogen-bond donors (Lipinski definition) is 1. The highest BCUT2D eigenvalue weighted by molar-refractivity contribution is 5.93. The largest absolute Gasteiger partial charge is 0.487 e. The summed E-state index contributed by atoms with van der Waals surface area (Å²) in [6.07, 6.45) is -0.200. The van der Waals surface area contributed by atoms with Crippen LogP contribution >= 0.6 is 0 Å². The lowest BCUT2D eigenvalue weighted by molar-refractivity contribution is -0.0519. The molecule has 0 radical (unpaired) electrons. The molecule has 0 aliphatic carbocycles. The van der Waals surface area contributed by atoms with Crippen molar-refractivity contribution in [2.24, 2.45) is 5.73 Å². The van der Waals surface area contributed by atoms with Gasteiger partial charge in [-0.25, -0.2) is 0 Å². The van der Waals surface area contributed by atoms with Crippen molar-refractivity contribution < 1.29 is 23.0 Å². The van der Waals surface area contributed by atoms with Gasteiger partial charge in [0.05, 0.1) is 6.10 Å². The van der Waals surface area contributed by atoms with Gasteiger partial charge in [-0.15, -0.1) is 0 Å². The molecule has 0 atom stereocenters. The summed E-state index contributed by atoms with van der Waals surface area (Å²) in [5.41, 5.74) is 5.12. The van der Waals surface area contributed by atoms with Gasteiger partial charge in [-0.05, 0) is 32.0 Å². The second-order valence-electron chi connectivity index (χ2n) is 3.57. The minimum atomic E-state index is -2.99. The molecule has 1 rings (SSSR count). The molecule has 0 aromatic heterocycles. The molecule has 2 N–H and O–H groups in total. The van der Waals surface area contributed by atoms with Crippen molar-refractivity contribution in [2.75, 3.05) is 0 Å². The van der Waals surface area contributed by atoms with Crippen LogP contribution in [0.3, 0.4) is 0 Å². The van der Waals surface area contributed by atoms with Crippen LogP contribution in [-0.4, -0.2) is 18.6 Å². The molecule has 1 aromatic carbocycles. The fourth-order valence-corrected chi connectivity index (χ4v) is 1.20. The molecule has 0 saturated heterocycles. The van der Waals surface area contributed by atoms with E-state index in [0.717, 1.165) is 6.07 Å². The van der Waals surface area contributed by atoms with Crippen molar-refractivity contribution >= 4 is 5.91 Å². The van der Waals surface area contributed by atoms with Crippen molar-refractivity contribution in [2.45, 2.75) is 26.6 Å². The summed E-state index contributed by atoms with van der Waals surface area (Å²) >= 11 is 0. The van der Waals surface area contributed by atoms with E-state index in [-0.39, 0.29) is 23.2 Å². The van der Waals surface area contributed by atoms with Gasteiger partial charge in [-0.1, -0.05) is 0 Å². The zero-order valence-corrected chi connectivity index (χ0v) is 9.44. The van der Waals surface area contributed by atoms with Crippen LogP contribution in [0.4, 0.5) is 8.78 Å². The monoisotopic (exact) mass is 245 g/mol. The van der Waals surface area contributed by atoms with E-state index < -0.39 is 12.5 Å². The number of benzene rings is 1. The molecule has 17 heavy (non-hydrogen) atoms. The van der Waals surface area contributed by atoms with Crippen LogP contribution in [-0.2, 0) is 0 Å². The third kappa shape index (κ3) is 3.90. The Bertz CT molecular complexity index is 408. The lowest BCUT2D eigenvalue weighted by atomic mass is 10.2. The van der Waals surface area contributed by atoms with E-state index in [4.69, 9.17) is 10.5 Å². The molecule has 0 bridgehead atoms. The maximum absolute atomic E-state index is 12.2. The quantitative estimate of drug-likeness (QED) is 0.864. The summed E-state index contributed by atoms with van der Waals surface area (Å²) < 4.78 is 33.9. The Kier molecular flexibility index (Phi) is 4.25. The van der Waals surface area contributed by atoms with Gasteiger partial charge in [0.2, 0.25) is 5.91 Å². The first-order valence-corrected chi connectivity index (χ1v) is 4.95. The number of carbonyl (C=O) groups is 1. The zero-order chi connectivity index (χ0) is 13.0. The lowest BCUT2D eigenvalue weighted by Crippen LogP contribution is -2.13. The van der Waals surface area contributed by atoms with Gasteiger partial charge < -0.3 is 15.2 Å². The van der Waals surface area contributed by atoms with Gasteiger partial charge in [0.25, 0.3) is 0 Å². The van der Waals surface area contributed by atoms with Crippen molar-refractivity contribution in [3.8, 4) is 11.5 Å². The lowest BCUT2D eigenvalue weighted by Gasteiger charge is -2.15. The summed E-state index contributed by atoms with van der Waals surface area (Å²) in [7, 11) is 0. The third-order valence-electron chi connectivity index (χ3n) is 1.81. The average Bonchev–Trinajstić information content (AvgIpc) is 2.18. The van der Waals surface area contributed by atoms with E-state index in [1.54, 1.807) is 13.8 Å². The maximum Gasteiger partial charge on any atom is 0.387 e. The normalized spacial score (nSPS) is 10.7. The molecule has 0 spiro atoms. The molecule has 0 heterocycles. The molecule has 0 unspecified atom stereocenters. The van der Waals surface area contributed by atoms with Crippen molar-refractivity contribution in [1.29, 1.82) is 0 Å². The smallest absolute Gasteiger partial charge is 0.387 e. The predicted octanol–water partition coefficient (Wildman–Crippen LogP) is 2.17. The Hall–Kier alpha value is -1.85. The first-order chi connectivity index (χ1) is 7.90. The number of alkyl halides is 2. The van der Waals surface area contributed by atoms with Gasteiger partial charge >= 0.3 is 6.61 Å². The number of carbonyl (C=O) groups excluding carboxylic acids is 1. The van der Waals surface area contributed by atoms with Gasteiger partial charge in [-0.3, -0.25) is 4.79 Å². The first kappa shape index (κ1) is 13.2. The molecule has 0 saturated carbocycles. The molecular formula is C11H13F2NO3. The van der Waals surface area contributed by atoms with E-state index in [1.165, 1.54) is 12.1 Å². The van der Waals surface area contributed by atoms with Crippen LogP contribution in [0, 0.1) is 0 Å². The second kappa shape index (κ2) is 5.47. The molecular weight excluding hydrogens is 232 g/mol. The summed E-state index contributed by atoms with van der Waals surface area (Å²) in [6.45, 7) is 0.495. The Morgan fingerprint density at radius 3 is 2.35 bits per heavy atom. The summed E-state index contributed by atoms with van der Waals surface area (Å²) in [4.78, 5) is 10.9. The van der Waals surface area contributed by atoms with E-state index in [2.05, 4.69) is 4.74 Å². The number of hydrogen-bond acceptors (Lipinski definition) is 3. The number of amides is 1. The molecule has 0 fully saturated rings. The number of halogens is 2. The molecule has 0 aliphatic rings. The van der Waals surface area contributed by atoms with Crippen LogP contribution in [0.1, 0.15) is 24.2 Å². The standard InChI is InChI=1S/C11H13F2NO3/c1-6(2)16-8-4-3-7(10(14)15)5-9(8)17-11(12)13/h3-6,11H,1-2H3,(H2,14,15). The van der Waals surface area contributed by atoms with Crippen LogP contribution < -0.4 is 15.2 Å². The van der Waals surface area contributed by atoms with Crippen LogP contribution in [0.15, 0.2) is 18.2 Å². The number of nitrogens with two attached hydrogens (primary N) is 1. The van der Waals surface area contributed by atoms with Crippen LogP contribution in [0.2, 0.25) is 0 Å². The average molecular weight is 245 g/mol.